The summed E-state index contributed by atoms with van der Waals surface area (Å²) in [5.74, 6) is 0.929. The molecule has 0 spiro atoms. The van der Waals surface area contributed by atoms with Crippen LogP contribution in [0.1, 0.15) is 37.7 Å². The Labute approximate surface area is 120 Å². The first-order valence-electron chi connectivity index (χ1n) is 7.32. The van der Waals surface area contributed by atoms with Gasteiger partial charge < -0.3 is 15.8 Å². The van der Waals surface area contributed by atoms with Gasteiger partial charge in [0.25, 0.3) is 0 Å². The van der Waals surface area contributed by atoms with Gasteiger partial charge in [-0.2, -0.15) is 0 Å². The maximum Gasteiger partial charge on any atom is 0.220 e. The molecule has 1 fully saturated rings. The van der Waals surface area contributed by atoms with E-state index in [2.05, 4.69) is 5.32 Å². The monoisotopic (exact) mass is 276 g/mol. The maximum atomic E-state index is 12.1. The standard InChI is InChI=1S/C16H24N2O2/c1-20-14-7-3-2-6-13(14)8-9-15(19)18-16(12-17)10-4-5-11-16/h2-3,6-7H,4-5,8-12,17H2,1H3,(H,18,19). The molecule has 0 atom stereocenters. The zero-order valence-electron chi connectivity index (χ0n) is 12.2. The lowest BCUT2D eigenvalue weighted by molar-refractivity contribution is -0.122. The summed E-state index contributed by atoms with van der Waals surface area (Å²) in [6.07, 6.45) is 5.49. The van der Waals surface area contributed by atoms with Crippen LogP contribution in [0, 0.1) is 0 Å². The molecule has 0 heterocycles. The molecule has 1 saturated carbocycles. The summed E-state index contributed by atoms with van der Waals surface area (Å²) >= 11 is 0. The topological polar surface area (TPSA) is 64.3 Å². The van der Waals surface area contributed by atoms with E-state index in [1.165, 1.54) is 0 Å². The summed E-state index contributed by atoms with van der Waals surface area (Å²) in [6.45, 7) is 0.535. The van der Waals surface area contributed by atoms with Crippen molar-refractivity contribution in [1.82, 2.24) is 5.32 Å². The van der Waals surface area contributed by atoms with Crippen molar-refractivity contribution in [2.75, 3.05) is 13.7 Å². The summed E-state index contributed by atoms with van der Waals surface area (Å²) in [5, 5.41) is 3.15. The number of hydrogen-bond donors (Lipinski definition) is 2. The van der Waals surface area contributed by atoms with Crippen LogP contribution in [0.3, 0.4) is 0 Å². The number of carbonyl (C=O) groups is 1. The molecule has 3 N–H and O–H groups in total. The molecule has 1 amide bonds. The highest BCUT2D eigenvalue weighted by Crippen LogP contribution is 2.28. The minimum Gasteiger partial charge on any atom is -0.496 e. The minimum atomic E-state index is -0.155. The second kappa shape index (κ2) is 6.75. The van der Waals surface area contributed by atoms with E-state index in [0.29, 0.717) is 19.4 Å². The first kappa shape index (κ1) is 14.9. The van der Waals surface area contributed by atoms with Gasteiger partial charge in [-0.05, 0) is 30.9 Å². The van der Waals surface area contributed by atoms with Gasteiger partial charge in [-0.3, -0.25) is 4.79 Å². The fraction of sp³-hybridized carbons (Fsp3) is 0.562. The van der Waals surface area contributed by atoms with Crippen LogP contribution in [0.5, 0.6) is 5.75 Å². The predicted molar refractivity (Wildman–Crippen MR) is 79.7 cm³/mol. The number of rotatable bonds is 6. The molecule has 1 aromatic carbocycles. The Morgan fingerprint density at radius 1 is 1.35 bits per heavy atom. The summed E-state index contributed by atoms with van der Waals surface area (Å²) in [4.78, 5) is 12.1. The van der Waals surface area contributed by atoms with Crippen LogP contribution >= 0.6 is 0 Å². The number of ether oxygens (including phenoxy) is 1. The van der Waals surface area contributed by atoms with Crippen molar-refractivity contribution in [1.29, 1.82) is 0 Å². The molecule has 1 aliphatic rings. The summed E-state index contributed by atoms with van der Waals surface area (Å²) in [6, 6.07) is 7.82. The predicted octanol–water partition coefficient (Wildman–Crippen LogP) is 2.02. The first-order valence-corrected chi connectivity index (χ1v) is 7.32. The van der Waals surface area contributed by atoms with Crippen molar-refractivity contribution in [3.63, 3.8) is 0 Å². The molecular formula is C16H24N2O2. The fourth-order valence-electron chi connectivity index (χ4n) is 2.95. The van der Waals surface area contributed by atoms with Crippen LogP contribution in [0.25, 0.3) is 0 Å². The van der Waals surface area contributed by atoms with Crippen molar-refractivity contribution < 1.29 is 9.53 Å². The largest absolute Gasteiger partial charge is 0.496 e. The second-order valence-corrected chi connectivity index (χ2v) is 5.55. The molecule has 4 nitrogen and oxygen atoms in total. The lowest BCUT2D eigenvalue weighted by atomic mass is 9.97. The van der Waals surface area contributed by atoms with Crippen LogP contribution < -0.4 is 15.8 Å². The molecule has 2 rings (SSSR count). The molecule has 4 heteroatoms. The molecule has 110 valence electrons. The lowest BCUT2D eigenvalue weighted by Gasteiger charge is -2.28. The number of hydrogen-bond acceptors (Lipinski definition) is 3. The molecule has 0 unspecified atom stereocenters. The first-order chi connectivity index (χ1) is 9.69. The highest BCUT2D eigenvalue weighted by Gasteiger charge is 2.33. The quantitative estimate of drug-likeness (QED) is 0.835. The number of carbonyl (C=O) groups excluding carboxylic acids is 1. The SMILES string of the molecule is COc1ccccc1CCC(=O)NC1(CN)CCCC1. The Hall–Kier alpha value is -1.55. The van der Waals surface area contributed by atoms with Gasteiger partial charge in [0, 0.05) is 13.0 Å². The van der Waals surface area contributed by atoms with E-state index in [1.807, 2.05) is 24.3 Å². The normalized spacial score (nSPS) is 16.9. The lowest BCUT2D eigenvalue weighted by Crippen LogP contribution is -2.51. The molecule has 20 heavy (non-hydrogen) atoms. The molecule has 1 aromatic rings. The average molecular weight is 276 g/mol. The van der Waals surface area contributed by atoms with Gasteiger partial charge in [0.05, 0.1) is 12.6 Å². The zero-order valence-corrected chi connectivity index (χ0v) is 12.2. The van der Waals surface area contributed by atoms with Gasteiger partial charge in [-0.25, -0.2) is 0 Å². The molecule has 1 aliphatic carbocycles. The summed E-state index contributed by atoms with van der Waals surface area (Å²) in [5.41, 5.74) is 6.75. The van der Waals surface area contributed by atoms with Gasteiger partial charge in [0.15, 0.2) is 0 Å². The van der Waals surface area contributed by atoms with E-state index in [9.17, 15) is 4.79 Å². The Morgan fingerprint density at radius 3 is 2.70 bits per heavy atom. The number of nitrogens with one attached hydrogen (secondary N) is 1. The van der Waals surface area contributed by atoms with Crippen LogP contribution in [0.2, 0.25) is 0 Å². The van der Waals surface area contributed by atoms with Gasteiger partial charge >= 0.3 is 0 Å². The van der Waals surface area contributed by atoms with E-state index >= 15 is 0 Å². The van der Waals surface area contributed by atoms with Crippen LogP contribution in [-0.4, -0.2) is 25.1 Å². The summed E-state index contributed by atoms with van der Waals surface area (Å²) in [7, 11) is 1.65. The maximum absolute atomic E-state index is 12.1. The third-order valence-electron chi connectivity index (χ3n) is 4.17. The Morgan fingerprint density at radius 2 is 2.05 bits per heavy atom. The third kappa shape index (κ3) is 3.51. The van der Waals surface area contributed by atoms with E-state index in [-0.39, 0.29) is 11.4 Å². The number of aryl methyl sites for hydroxylation is 1. The Kier molecular flexibility index (Phi) is 5.01. The van der Waals surface area contributed by atoms with Crippen LogP contribution in [0.15, 0.2) is 24.3 Å². The van der Waals surface area contributed by atoms with Gasteiger partial charge in [-0.15, -0.1) is 0 Å². The van der Waals surface area contributed by atoms with Gasteiger partial charge in [0.1, 0.15) is 5.75 Å². The molecule has 0 saturated heterocycles. The zero-order chi connectivity index (χ0) is 14.4. The van der Waals surface area contributed by atoms with Crippen LogP contribution in [0.4, 0.5) is 0 Å². The number of amides is 1. The van der Waals surface area contributed by atoms with E-state index in [1.54, 1.807) is 7.11 Å². The number of para-hydroxylation sites is 1. The van der Waals surface area contributed by atoms with Crippen molar-refractivity contribution in [2.24, 2.45) is 5.73 Å². The summed E-state index contributed by atoms with van der Waals surface area (Å²) < 4.78 is 5.30. The van der Waals surface area contributed by atoms with Gasteiger partial charge in [0.2, 0.25) is 5.91 Å². The third-order valence-corrected chi connectivity index (χ3v) is 4.17. The molecule has 0 aliphatic heterocycles. The highest BCUT2D eigenvalue weighted by molar-refractivity contribution is 5.77. The van der Waals surface area contributed by atoms with Crippen molar-refractivity contribution >= 4 is 5.91 Å². The van der Waals surface area contributed by atoms with E-state index in [0.717, 1.165) is 37.0 Å². The molecule has 0 bridgehead atoms. The molecule has 0 aromatic heterocycles. The number of benzene rings is 1. The van der Waals surface area contributed by atoms with E-state index in [4.69, 9.17) is 10.5 Å². The fourth-order valence-corrected chi connectivity index (χ4v) is 2.95. The second-order valence-electron chi connectivity index (χ2n) is 5.55. The van der Waals surface area contributed by atoms with E-state index < -0.39 is 0 Å². The molecule has 0 radical (unpaired) electrons. The number of methoxy groups -OCH3 is 1. The minimum absolute atomic E-state index is 0.0863. The molecular weight excluding hydrogens is 252 g/mol. The number of nitrogens with two attached hydrogens (primary N) is 1. The highest BCUT2D eigenvalue weighted by atomic mass is 16.5. The van der Waals surface area contributed by atoms with Crippen molar-refractivity contribution in [3.05, 3.63) is 29.8 Å². The van der Waals surface area contributed by atoms with Crippen molar-refractivity contribution in [2.45, 2.75) is 44.1 Å². The van der Waals surface area contributed by atoms with Crippen LogP contribution in [-0.2, 0) is 11.2 Å². The smallest absolute Gasteiger partial charge is 0.220 e. The Bertz CT molecular complexity index is 454. The Balaban J connectivity index is 1.89. The average Bonchev–Trinajstić information content (AvgIpc) is 2.94. The van der Waals surface area contributed by atoms with Crippen molar-refractivity contribution in [3.8, 4) is 5.75 Å². The van der Waals surface area contributed by atoms with Gasteiger partial charge in [-0.1, -0.05) is 31.0 Å².